The molecular weight excluding hydrogens is 1390 g/mol. The molecule has 0 unspecified atom stereocenters. The van der Waals surface area contributed by atoms with Crippen LogP contribution in [0.4, 0.5) is 0 Å². The summed E-state index contributed by atoms with van der Waals surface area (Å²) in [5.74, 6) is 0. The maximum absolute atomic E-state index is 2.52. The molecule has 112 heavy (non-hydrogen) atoms. The number of rotatable bonds is 6. The predicted molar refractivity (Wildman–Crippen MR) is 486 cm³/mol. The minimum absolute atomic E-state index is 0.141. The van der Waals surface area contributed by atoms with Crippen LogP contribution < -0.4 is 0 Å². The zero-order valence-electron chi connectivity index (χ0n) is 62.5. The van der Waals surface area contributed by atoms with Crippen molar-refractivity contribution < 1.29 is 0 Å². The zero-order chi connectivity index (χ0) is 74.2. The number of thiophene rings is 2. The third-order valence-electron chi connectivity index (χ3n) is 25.2. The molecule has 2 aliphatic carbocycles. The van der Waals surface area contributed by atoms with Gasteiger partial charge in [-0.1, -0.05) is 361 Å². The molecular formula is C110H72S2. The third-order valence-corrected chi connectivity index (χ3v) is 27.7. The number of hydrogen-bond acceptors (Lipinski definition) is 2. The molecule has 0 bridgehead atoms. The molecule has 0 spiro atoms. The second kappa shape index (κ2) is 24.7. The van der Waals surface area contributed by atoms with Crippen molar-refractivity contribution >= 4 is 149 Å². The van der Waals surface area contributed by atoms with Gasteiger partial charge in [0.25, 0.3) is 0 Å². The predicted octanol–water partition coefficient (Wildman–Crippen LogP) is 31.9. The van der Waals surface area contributed by atoms with Gasteiger partial charge in [-0.05, 0) is 222 Å². The van der Waals surface area contributed by atoms with E-state index in [0.717, 1.165) is 0 Å². The third kappa shape index (κ3) is 9.47. The first-order chi connectivity index (χ1) is 55.1. The van der Waals surface area contributed by atoms with E-state index in [-0.39, 0.29) is 10.8 Å². The van der Waals surface area contributed by atoms with Crippen LogP contribution >= 0.6 is 22.7 Å². The SMILES string of the molecule is CC1(C)c2ccccc2-c2c(-c3cccc(-c4c5ccccc5c(-c5cccc6ccccc56)c5ccccc45)c3)cc3c(sc4c5ccccc5ccc34)c21.CC1(C)c2ccccc2-c2cc3c(sc4ccc5ccccc5c43)c(-c3cccc(-c4c5ccccc5c(-c5cccc6ccccc56)c5ccccc45)c3)c21. The summed E-state index contributed by atoms with van der Waals surface area (Å²) in [6, 6.07) is 136. The first kappa shape index (κ1) is 64.9. The molecule has 2 aliphatic rings. The molecule has 22 aromatic rings. The van der Waals surface area contributed by atoms with E-state index in [4.69, 9.17) is 0 Å². The fourth-order valence-electron chi connectivity index (χ4n) is 20.4. The van der Waals surface area contributed by atoms with E-state index in [1.165, 1.54) is 238 Å². The summed E-state index contributed by atoms with van der Waals surface area (Å²) in [5.41, 5.74) is 26.2. The van der Waals surface area contributed by atoms with Gasteiger partial charge in [-0.2, -0.15) is 0 Å². The normalized spacial score (nSPS) is 13.3. The molecule has 0 aliphatic heterocycles. The Bertz CT molecular complexity index is 7700. The molecule has 20 aromatic carbocycles. The van der Waals surface area contributed by atoms with Gasteiger partial charge in [0.2, 0.25) is 0 Å². The summed E-state index contributed by atoms with van der Waals surface area (Å²) in [6.45, 7) is 9.70. The first-order valence-corrected chi connectivity index (χ1v) is 40.8. The Kier molecular flexibility index (Phi) is 14.3. The summed E-state index contributed by atoms with van der Waals surface area (Å²) >= 11 is 3.93. The Morgan fingerprint density at radius 3 is 1.12 bits per heavy atom. The first-order valence-electron chi connectivity index (χ1n) is 39.2. The fraction of sp³-hybridized carbons (Fsp3) is 0.0545. The molecule has 0 saturated carbocycles. The molecule has 0 atom stereocenters. The van der Waals surface area contributed by atoms with E-state index in [0.29, 0.717) is 0 Å². The largest absolute Gasteiger partial charge is 0.134 e. The van der Waals surface area contributed by atoms with E-state index in [1.807, 2.05) is 22.7 Å². The van der Waals surface area contributed by atoms with Gasteiger partial charge in [-0.3, -0.25) is 0 Å². The molecule has 524 valence electrons. The summed E-state index contributed by atoms with van der Waals surface area (Å²) < 4.78 is 5.50. The van der Waals surface area contributed by atoms with Crippen molar-refractivity contribution in [3.05, 3.63) is 386 Å². The molecule has 2 heteroatoms. The van der Waals surface area contributed by atoms with E-state index >= 15 is 0 Å². The van der Waals surface area contributed by atoms with Crippen molar-refractivity contribution in [2.24, 2.45) is 0 Å². The van der Waals surface area contributed by atoms with E-state index in [2.05, 4.69) is 392 Å². The Morgan fingerprint density at radius 1 is 0.188 bits per heavy atom. The Morgan fingerprint density at radius 2 is 0.562 bits per heavy atom. The monoisotopic (exact) mass is 1460 g/mol. The molecule has 24 rings (SSSR count). The maximum Gasteiger partial charge on any atom is 0.0437 e. The standard InChI is InChI=1S/2C55H36S/c1-55(2)47-28-12-11-22-39(47)45-32-46-52-38-21-6-4-16-34(38)29-30-48(52)56-54(46)50(53(45)55)36-19-13-18-35(31-36)49-41-23-7-9-25-43(41)51(44-26-10-8-24-42(44)49)40-27-14-17-33-15-3-5-20-37(33)40;1-55(2)48-28-12-11-26-45(48)51-46(32-47-44-30-29-34-16-4-6-21-38(34)53(44)56-54(47)52(51)55)35-18-13-19-36(31-35)49-40-22-7-9-24-42(40)50(43-25-10-8-23-41(43)49)39-27-14-17-33-15-3-5-20-37(33)39/h2*3-32H,1-2H3. The van der Waals surface area contributed by atoms with Crippen LogP contribution in [0.3, 0.4) is 0 Å². The lowest BCUT2D eigenvalue weighted by Gasteiger charge is -2.25. The zero-order valence-corrected chi connectivity index (χ0v) is 64.1. The number of benzene rings is 20. The smallest absolute Gasteiger partial charge is 0.0437 e. The number of hydrogen-bond donors (Lipinski definition) is 0. The summed E-state index contributed by atoms with van der Waals surface area (Å²) in [4.78, 5) is 0. The highest BCUT2D eigenvalue weighted by Gasteiger charge is 2.41. The average Bonchev–Trinajstić information content (AvgIpc) is 1.56. The molecule has 0 saturated heterocycles. The fourth-order valence-corrected chi connectivity index (χ4v) is 23.2. The molecule has 0 nitrogen and oxygen atoms in total. The Labute approximate surface area is 658 Å². The lowest BCUT2D eigenvalue weighted by Crippen LogP contribution is -2.16. The van der Waals surface area contributed by atoms with Gasteiger partial charge in [-0.15, -0.1) is 22.7 Å². The van der Waals surface area contributed by atoms with Crippen LogP contribution in [0.5, 0.6) is 0 Å². The van der Waals surface area contributed by atoms with Gasteiger partial charge in [0, 0.05) is 56.7 Å². The van der Waals surface area contributed by atoms with Crippen molar-refractivity contribution in [1.82, 2.24) is 0 Å². The van der Waals surface area contributed by atoms with Crippen LogP contribution in [0.2, 0.25) is 0 Å². The van der Waals surface area contributed by atoms with Crippen LogP contribution in [0, 0.1) is 0 Å². The van der Waals surface area contributed by atoms with Crippen molar-refractivity contribution in [3.63, 3.8) is 0 Å². The summed E-state index contributed by atoms with van der Waals surface area (Å²) in [5, 5.41) is 25.9. The van der Waals surface area contributed by atoms with Crippen LogP contribution in [0.1, 0.15) is 49.9 Å². The average molecular weight is 1460 g/mol. The van der Waals surface area contributed by atoms with Crippen molar-refractivity contribution in [2.45, 2.75) is 38.5 Å². The van der Waals surface area contributed by atoms with Crippen LogP contribution in [0.25, 0.3) is 216 Å². The minimum Gasteiger partial charge on any atom is -0.134 e. The molecule has 2 heterocycles. The quantitative estimate of drug-likeness (QED) is 0.146. The molecule has 2 aromatic heterocycles. The van der Waals surface area contributed by atoms with Gasteiger partial charge < -0.3 is 0 Å². The minimum atomic E-state index is -0.163. The summed E-state index contributed by atoms with van der Waals surface area (Å²) in [6.07, 6.45) is 0. The van der Waals surface area contributed by atoms with Gasteiger partial charge in [-0.25, -0.2) is 0 Å². The van der Waals surface area contributed by atoms with Crippen LogP contribution in [0.15, 0.2) is 364 Å². The summed E-state index contributed by atoms with van der Waals surface area (Å²) in [7, 11) is 0. The van der Waals surface area contributed by atoms with Gasteiger partial charge >= 0.3 is 0 Å². The van der Waals surface area contributed by atoms with E-state index in [9.17, 15) is 0 Å². The topological polar surface area (TPSA) is 0 Å². The lowest BCUT2D eigenvalue weighted by molar-refractivity contribution is 0.663. The van der Waals surface area contributed by atoms with Crippen molar-refractivity contribution in [2.75, 3.05) is 0 Å². The lowest BCUT2D eigenvalue weighted by atomic mass is 9.78. The molecule has 0 radical (unpaired) electrons. The van der Waals surface area contributed by atoms with E-state index < -0.39 is 0 Å². The van der Waals surface area contributed by atoms with Gasteiger partial charge in [0.15, 0.2) is 0 Å². The molecule has 0 N–H and O–H groups in total. The second-order valence-electron chi connectivity index (χ2n) is 31.9. The van der Waals surface area contributed by atoms with Crippen molar-refractivity contribution in [1.29, 1.82) is 0 Å². The van der Waals surface area contributed by atoms with Gasteiger partial charge in [0.05, 0.1) is 0 Å². The van der Waals surface area contributed by atoms with E-state index in [1.54, 1.807) is 0 Å². The Balaban J connectivity index is 0.000000134. The highest BCUT2D eigenvalue weighted by Crippen LogP contribution is 2.61. The van der Waals surface area contributed by atoms with Gasteiger partial charge in [0.1, 0.15) is 0 Å². The molecule has 0 fully saturated rings. The highest BCUT2D eigenvalue weighted by molar-refractivity contribution is 7.27. The second-order valence-corrected chi connectivity index (χ2v) is 33.9. The number of fused-ring (bicyclic) bond motifs is 23. The maximum atomic E-state index is 2.52. The molecule has 0 amide bonds. The van der Waals surface area contributed by atoms with Crippen molar-refractivity contribution in [3.8, 4) is 89.0 Å². The Hall–Kier alpha value is -13.1. The van der Waals surface area contributed by atoms with Crippen LogP contribution in [-0.4, -0.2) is 0 Å². The van der Waals surface area contributed by atoms with Crippen LogP contribution in [-0.2, 0) is 10.8 Å². The highest BCUT2D eigenvalue weighted by atomic mass is 32.1.